The van der Waals surface area contributed by atoms with Crippen LogP contribution in [0.25, 0.3) is 0 Å². The van der Waals surface area contributed by atoms with Crippen molar-refractivity contribution in [3.8, 4) is 0 Å². The summed E-state index contributed by atoms with van der Waals surface area (Å²) in [5, 5.41) is 12.8. The van der Waals surface area contributed by atoms with Crippen LogP contribution in [-0.2, 0) is 6.18 Å². The summed E-state index contributed by atoms with van der Waals surface area (Å²) in [5.41, 5.74) is -0.704. The molecule has 0 saturated carbocycles. The summed E-state index contributed by atoms with van der Waals surface area (Å²) in [6, 6.07) is 3.53. The van der Waals surface area contributed by atoms with E-state index in [1.165, 1.54) is 18.3 Å². The van der Waals surface area contributed by atoms with E-state index in [4.69, 9.17) is 11.6 Å². The number of hydrogen-bond donors (Lipinski definition) is 2. The molecule has 5 nitrogen and oxygen atoms in total. The van der Waals surface area contributed by atoms with E-state index in [0.717, 1.165) is 12.5 Å². The fourth-order valence-electron chi connectivity index (χ4n) is 1.64. The molecule has 0 bridgehead atoms. The van der Waals surface area contributed by atoms with Crippen molar-refractivity contribution in [2.75, 3.05) is 17.2 Å². The topological polar surface area (TPSA) is 62.7 Å². The van der Waals surface area contributed by atoms with Crippen molar-refractivity contribution in [1.29, 1.82) is 0 Å². The smallest absolute Gasteiger partial charge is 0.353 e. The zero-order chi connectivity index (χ0) is 16.2. The summed E-state index contributed by atoms with van der Waals surface area (Å²) in [4.78, 5) is 4.11. The van der Waals surface area contributed by atoms with Crippen molar-refractivity contribution in [1.82, 2.24) is 15.2 Å². The molecule has 0 aliphatic heterocycles. The summed E-state index contributed by atoms with van der Waals surface area (Å²) >= 11 is 5.57. The van der Waals surface area contributed by atoms with Crippen LogP contribution in [0.15, 0.2) is 24.4 Å². The van der Waals surface area contributed by atoms with Crippen molar-refractivity contribution in [3.05, 3.63) is 35.0 Å². The molecule has 1 aromatic carbocycles. The number of hydrogen-bond acceptors (Lipinski definition) is 5. The van der Waals surface area contributed by atoms with E-state index in [2.05, 4.69) is 25.8 Å². The largest absolute Gasteiger partial charge is 0.417 e. The standard InChI is InChI=1S/C13H13ClF3N5/c1-2-5-18-12-21-11(7-19-22-12)20-8-3-4-10(14)9(6-8)13(15,16)17/h3-4,6-7H,2,5H2,1H3,(H2,18,20,21,22). The molecule has 0 fully saturated rings. The van der Waals surface area contributed by atoms with Crippen molar-refractivity contribution in [2.45, 2.75) is 19.5 Å². The van der Waals surface area contributed by atoms with Gasteiger partial charge >= 0.3 is 6.18 Å². The van der Waals surface area contributed by atoms with E-state index in [-0.39, 0.29) is 16.5 Å². The molecule has 0 unspecified atom stereocenters. The lowest BCUT2D eigenvalue weighted by Gasteiger charge is -2.12. The predicted molar refractivity (Wildman–Crippen MR) is 78.3 cm³/mol. The van der Waals surface area contributed by atoms with Gasteiger partial charge in [0.15, 0.2) is 5.82 Å². The lowest BCUT2D eigenvalue weighted by molar-refractivity contribution is -0.137. The Balaban J connectivity index is 2.20. The van der Waals surface area contributed by atoms with Gasteiger partial charge in [-0.05, 0) is 24.6 Å². The highest BCUT2D eigenvalue weighted by Gasteiger charge is 2.33. The Bertz CT molecular complexity index is 648. The number of aromatic nitrogens is 3. The molecule has 0 spiro atoms. The van der Waals surface area contributed by atoms with E-state index in [9.17, 15) is 13.2 Å². The summed E-state index contributed by atoms with van der Waals surface area (Å²) in [6.45, 7) is 2.65. The average Bonchev–Trinajstić information content (AvgIpc) is 2.46. The molecule has 2 N–H and O–H groups in total. The minimum Gasteiger partial charge on any atom is -0.353 e. The molecule has 0 saturated heterocycles. The number of halogens is 4. The molecule has 1 aromatic heterocycles. The van der Waals surface area contributed by atoms with Crippen molar-refractivity contribution >= 4 is 29.1 Å². The Kier molecular flexibility index (Phi) is 5.02. The summed E-state index contributed by atoms with van der Waals surface area (Å²) in [7, 11) is 0. The maximum atomic E-state index is 12.8. The van der Waals surface area contributed by atoms with E-state index in [1.807, 2.05) is 6.92 Å². The van der Waals surface area contributed by atoms with Crippen LogP contribution >= 0.6 is 11.6 Å². The quantitative estimate of drug-likeness (QED) is 0.863. The fraction of sp³-hybridized carbons (Fsp3) is 0.308. The van der Waals surface area contributed by atoms with Crippen LogP contribution in [-0.4, -0.2) is 21.7 Å². The molecule has 118 valence electrons. The highest BCUT2D eigenvalue weighted by atomic mass is 35.5. The Morgan fingerprint density at radius 2 is 2.05 bits per heavy atom. The molecule has 0 atom stereocenters. The number of rotatable bonds is 5. The Hall–Kier alpha value is -2.09. The highest BCUT2D eigenvalue weighted by Crippen LogP contribution is 2.36. The zero-order valence-electron chi connectivity index (χ0n) is 11.6. The van der Waals surface area contributed by atoms with Crippen molar-refractivity contribution in [3.63, 3.8) is 0 Å². The van der Waals surface area contributed by atoms with Gasteiger partial charge < -0.3 is 10.6 Å². The lowest BCUT2D eigenvalue weighted by atomic mass is 10.2. The molecular weight excluding hydrogens is 319 g/mol. The lowest BCUT2D eigenvalue weighted by Crippen LogP contribution is -2.08. The van der Waals surface area contributed by atoms with Gasteiger partial charge in [0, 0.05) is 12.2 Å². The van der Waals surface area contributed by atoms with E-state index in [0.29, 0.717) is 12.5 Å². The van der Waals surface area contributed by atoms with E-state index >= 15 is 0 Å². The number of anilines is 3. The number of alkyl halides is 3. The average molecular weight is 332 g/mol. The molecule has 2 aromatic rings. The minimum atomic E-state index is -4.52. The summed E-state index contributed by atoms with van der Waals surface area (Å²) in [5.74, 6) is 0.584. The van der Waals surface area contributed by atoms with Gasteiger partial charge in [0.25, 0.3) is 0 Å². The van der Waals surface area contributed by atoms with Crippen LogP contribution in [0.2, 0.25) is 5.02 Å². The van der Waals surface area contributed by atoms with E-state index < -0.39 is 11.7 Å². The first-order valence-electron chi connectivity index (χ1n) is 6.47. The van der Waals surface area contributed by atoms with Crippen LogP contribution in [0.5, 0.6) is 0 Å². The van der Waals surface area contributed by atoms with Crippen LogP contribution in [0.3, 0.4) is 0 Å². The number of benzene rings is 1. The van der Waals surface area contributed by atoms with Crippen LogP contribution in [0.4, 0.5) is 30.6 Å². The van der Waals surface area contributed by atoms with Gasteiger partial charge in [0.1, 0.15) is 0 Å². The van der Waals surface area contributed by atoms with Crippen molar-refractivity contribution in [2.24, 2.45) is 0 Å². The molecule has 0 aliphatic carbocycles. The van der Waals surface area contributed by atoms with Crippen LogP contribution in [0, 0.1) is 0 Å². The normalized spacial score (nSPS) is 11.3. The molecule has 0 radical (unpaired) electrons. The SMILES string of the molecule is CCCNc1nncc(Nc2ccc(Cl)c(C(F)(F)F)c2)n1. The van der Waals surface area contributed by atoms with Gasteiger partial charge in [0.05, 0.1) is 16.8 Å². The maximum Gasteiger partial charge on any atom is 0.417 e. The Morgan fingerprint density at radius 1 is 1.27 bits per heavy atom. The van der Waals surface area contributed by atoms with Crippen LogP contribution < -0.4 is 10.6 Å². The molecule has 2 rings (SSSR count). The molecular formula is C13H13ClF3N5. The van der Waals surface area contributed by atoms with Gasteiger partial charge in [-0.3, -0.25) is 0 Å². The molecule has 1 heterocycles. The number of nitrogens with one attached hydrogen (secondary N) is 2. The van der Waals surface area contributed by atoms with Gasteiger partial charge in [0.2, 0.25) is 5.95 Å². The third-order valence-corrected chi connectivity index (χ3v) is 2.97. The first-order valence-corrected chi connectivity index (χ1v) is 6.85. The first-order chi connectivity index (χ1) is 10.4. The molecule has 0 amide bonds. The van der Waals surface area contributed by atoms with Crippen LogP contribution in [0.1, 0.15) is 18.9 Å². The van der Waals surface area contributed by atoms with Crippen molar-refractivity contribution < 1.29 is 13.2 Å². The number of nitrogens with zero attached hydrogens (tertiary/aromatic N) is 3. The van der Waals surface area contributed by atoms with Gasteiger partial charge in [-0.1, -0.05) is 18.5 Å². The van der Waals surface area contributed by atoms with E-state index in [1.54, 1.807) is 0 Å². The third-order valence-electron chi connectivity index (χ3n) is 2.64. The minimum absolute atomic E-state index is 0.207. The van der Waals surface area contributed by atoms with Gasteiger partial charge in [-0.25, -0.2) is 0 Å². The molecule has 9 heteroatoms. The Morgan fingerprint density at radius 3 is 2.73 bits per heavy atom. The summed E-state index contributed by atoms with van der Waals surface area (Å²) < 4.78 is 38.4. The molecule has 22 heavy (non-hydrogen) atoms. The fourth-order valence-corrected chi connectivity index (χ4v) is 1.87. The highest BCUT2D eigenvalue weighted by molar-refractivity contribution is 6.31. The second-order valence-electron chi connectivity index (χ2n) is 4.41. The zero-order valence-corrected chi connectivity index (χ0v) is 12.3. The second kappa shape index (κ2) is 6.78. The molecule has 0 aliphatic rings. The summed E-state index contributed by atoms with van der Waals surface area (Å²) in [6.07, 6.45) is -2.32. The van der Waals surface area contributed by atoms with Gasteiger partial charge in [-0.2, -0.15) is 23.3 Å². The van der Waals surface area contributed by atoms with Gasteiger partial charge in [-0.15, -0.1) is 5.10 Å². The first kappa shape index (κ1) is 16.3. The third kappa shape index (κ3) is 4.20. The monoisotopic (exact) mass is 331 g/mol. The Labute approximate surface area is 129 Å². The second-order valence-corrected chi connectivity index (χ2v) is 4.82. The maximum absolute atomic E-state index is 12.8. The predicted octanol–water partition coefficient (Wildman–Crippen LogP) is 4.11.